The number of carbonyl (C=O) groups is 8. The van der Waals surface area contributed by atoms with Crippen LogP contribution in [-0.4, -0.2) is 454 Å². The van der Waals surface area contributed by atoms with Gasteiger partial charge in [0.1, 0.15) is 0 Å². The van der Waals surface area contributed by atoms with Gasteiger partial charge in [-0.15, -0.1) is 0 Å². The van der Waals surface area contributed by atoms with Crippen molar-refractivity contribution in [2.45, 2.75) is 112 Å². The van der Waals surface area contributed by atoms with Crippen molar-refractivity contribution in [3.05, 3.63) is 68.8 Å². The predicted molar refractivity (Wildman–Crippen MR) is 438 cm³/mol. The first-order valence-electron chi connectivity index (χ1n) is 37.4. The van der Waals surface area contributed by atoms with E-state index in [2.05, 4.69) is 23.2 Å². The summed E-state index contributed by atoms with van der Waals surface area (Å²) in [4.78, 5) is 123. The van der Waals surface area contributed by atoms with Crippen LogP contribution in [0.4, 0.5) is 0 Å². The lowest BCUT2D eigenvalue weighted by Gasteiger charge is -2.35. The first-order valence-corrected chi connectivity index (χ1v) is 37.4. The van der Waals surface area contributed by atoms with E-state index in [-0.39, 0.29) is 199 Å². The molecular formula is C70H116B11N8O25. The average Bonchev–Trinajstić information content (AvgIpc) is 0.771. The molecule has 0 unspecified atom stereocenters. The van der Waals surface area contributed by atoms with Crippen LogP contribution < -0.4 is 0 Å². The second-order valence-electron chi connectivity index (χ2n) is 28.6. The van der Waals surface area contributed by atoms with Crippen LogP contribution in [0.1, 0.15) is 166 Å². The molecule has 8 amide bonds. The van der Waals surface area contributed by atoms with E-state index in [9.17, 15) is 79.2 Å². The van der Waals surface area contributed by atoms with Crippen LogP contribution in [0.15, 0.2) is 24.3 Å². The molecule has 6 rings (SSSR count). The number of hydrogen-bond donors (Lipinski definition) is 8. The molecule has 2 aromatic carbocycles. The van der Waals surface area contributed by atoms with Crippen molar-refractivity contribution in [2.24, 2.45) is 0 Å². The van der Waals surface area contributed by atoms with Crippen LogP contribution in [0.2, 0.25) is 0 Å². The largest absolute Gasteiger partial charge is 0.395 e. The number of benzene rings is 2. The molecule has 4 saturated heterocycles. The molecule has 0 aromatic heterocycles. The number of hydrogen-bond acceptors (Lipinski definition) is 25. The number of rotatable bonds is 26. The number of carbonyl (C=O) groups excluding carboxylic acids is 8. The zero-order valence-corrected chi connectivity index (χ0v) is 67.9. The molecule has 0 saturated carbocycles. The van der Waals surface area contributed by atoms with E-state index < -0.39 is 158 Å². The Hall–Kier alpha value is -5.77. The summed E-state index contributed by atoms with van der Waals surface area (Å²) in [5.74, 6) is -8.87. The Morgan fingerprint density at radius 1 is 0.377 bits per heavy atom. The van der Waals surface area contributed by atoms with Gasteiger partial charge >= 0.3 is 0 Å². The van der Waals surface area contributed by atoms with Gasteiger partial charge in [-0.25, -0.2) is 0 Å². The van der Waals surface area contributed by atoms with Crippen LogP contribution in [0.25, 0.3) is 0 Å². The Balaban J connectivity index is 0.000000957. The fourth-order valence-electron chi connectivity index (χ4n) is 11.0. The highest BCUT2D eigenvalue weighted by Gasteiger charge is 2.38. The van der Waals surface area contributed by atoms with Crippen LogP contribution in [-0.2, 0) is 42.6 Å². The maximum absolute atomic E-state index is 14.6. The molecule has 4 aliphatic rings. The molecule has 2 aromatic rings. The van der Waals surface area contributed by atoms with E-state index in [1.807, 2.05) is 20.8 Å². The first kappa shape index (κ1) is 106. The van der Waals surface area contributed by atoms with Gasteiger partial charge in [-0.05, 0) is 100 Å². The van der Waals surface area contributed by atoms with Crippen molar-refractivity contribution in [1.29, 1.82) is 0 Å². The highest BCUT2D eigenvalue weighted by molar-refractivity contribution is 7.81. The molecule has 0 atom stereocenters. The minimum Gasteiger partial charge on any atom is -0.395 e. The van der Waals surface area contributed by atoms with Crippen LogP contribution >= 0.6 is 0 Å². The predicted octanol–water partition coefficient (Wildman–Crippen LogP) is -4.14. The number of aliphatic hydroxyl groups is 8. The standard InChI is InChI=1S/C38H58N4O12.C26H42N4O12.C5H12O.CH4.B7.B4/c1-35(2)47-17-9-39(10-18-48-35)31(43)27-25-29(33(45)41-13-21-51-37(5,6)52-22-14-41)30(34(46)42-15-23-53-38(7,8)54-24-16-42)26-28(27)32(44)40-11-19-49-36(3,4)50-20-12-40;31-9-1-27(2-10-32)23(39)19-17-21(25(41)29(5-13-35)6-14-36)22(26(42)30(7-15-37)8-16-38)18-20(19)24(40)28(3-11-33)4-12-34;1-5(2,3)6-4;;1-5-7(4)6(2)3;1-4(2)3/h25-26H,9-24H2,1-8H3;17-18,31-38H,1-16H2;1-4H3;1H4;;. The molecule has 0 bridgehead atoms. The molecule has 4 heterocycles. The van der Waals surface area contributed by atoms with Gasteiger partial charge in [0.2, 0.25) is 0 Å². The molecule has 114 heavy (non-hydrogen) atoms. The van der Waals surface area contributed by atoms with E-state index in [0.29, 0.717) is 0 Å². The zero-order chi connectivity index (χ0) is 85.6. The smallest absolute Gasteiger partial charge is 0.254 e. The van der Waals surface area contributed by atoms with Crippen molar-refractivity contribution in [2.75, 3.05) is 218 Å². The van der Waals surface area contributed by atoms with Gasteiger partial charge in [0.25, 0.3) is 47.3 Å². The second-order valence-corrected chi connectivity index (χ2v) is 28.6. The molecular weight excluding hydrogens is 1470 g/mol. The summed E-state index contributed by atoms with van der Waals surface area (Å²) in [6, 6.07) is 4.75. The molecule has 4 fully saturated rings. The van der Waals surface area contributed by atoms with E-state index in [1.165, 1.54) is 38.8 Å². The Kier molecular flexibility index (Phi) is 49.3. The first-order chi connectivity index (χ1) is 53.0. The van der Waals surface area contributed by atoms with E-state index in [4.69, 9.17) is 73.6 Å². The number of ether oxygens (including phenoxy) is 9. The summed E-state index contributed by atoms with van der Waals surface area (Å²) < 4.78 is 51.8. The summed E-state index contributed by atoms with van der Waals surface area (Å²) in [6.07, 6.45) is -1.59. The summed E-state index contributed by atoms with van der Waals surface area (Å²) in [5.41, 5.74) is -1.64. The SMILES string of the molecule is C.CC1(C)OCCN(C(=O)c2cc(C(=O)N3CCOC(C)(C)OCC3)c(C(=O)N3CCOC(C)(C)OCC3)cc2C(=O)N2CCOC(C)(C)OCC2)CCO1.COC(C)(C)C.O=C(c1cc(C(=O)N(CCO)CCO)c(C(=O)N(CCO)CCO)cc1C(=O)N(CCO)CCO)N(CCO)CCO.[B]B([B])[B].[B][B]B([B])B([B])[B]. The molecule has 33 nitrogen and oxygen atoms in total. The number of aliphatic hydroxyl groups excluding tert-OH is 8. The summed E-state index contributed by atoms with van der Waals surface area (Å²) in [5, 5.41) is 75.8. The minimum absolute atomic E-state index is 0. The lowest BCUT2D eigenvalue weighted by Crippen LogP contribution is -2.47. The topological polar surface area (TPSA) is 407 Å². The van der Waals surface area contributed by atoms with E-state index >= 15 is 0 Å². The Bertz CT molecular complexity index is 2840. The van der Waals surface area contributed by atoms with Gasteiger partial charge in [0.15, 0.2) is 23.1 Å². The normalized spacial score (nSPS) is 16.7. The lowest BCUT2D eigenvalue weighted by molar-refractivity contribution is -0.224. The Morgan fingerprint density at radius 3 is 0.640 bits per heavy atom. The van der Waals surface area contributed by atoms with Crippen LogP contribution in [0.5, 0.6) is 0 Å². The molecule has 15 radical (unpaired) electrons. The van der Waals surface area contributed by atoms with Gasteiger partial charge in [-0.3, -0.25) is 38.4 Å². The third-order valence-electron chi connectivity index (χ3n) is 17.2. The third kappa shape index (κ3) is 36.6. The van der Waals surface area contributed by atoms with Crippen molar-refractivity contribution in [3.8, 4) is 0 Å². The highest BCUT2D eigenvalue weighted by Crippen LogP contribution is 2.29. The molecule has 0 aliphatic carbocycles. The summed E-state index contributed by atoms with van der Waals surface area (Å²) >= 11 is 0. The maximum Gasteiger partial charge on any atom is 0.254 e. The van der Waals surface area contributed by atoms with Gasteiger partial charge in [-0.1, -0.05) is 7.43 Å². The van der Waals surface area contributed by atoms with Crippen molar-refractivity contribution >= 4 is 128 Å². The van der Waals surface area contributed by atoms with E-state index in [1.54, 1.807) is 62.5 Å². The Morgan fingerprint density at radius 2 is 0.526 bits per heavy atom. The summed E-state index contributed by atoms with van der Waals surface area (Å²) in [7, 11) is 37.3. The third-order valence-corrected chi connectivity index (χ3v) is 17.2. The second kappa shape index (κ2) is 52.9. The fraction of sp³-hybridized carbons (Fsp3) is 0.714. The highest BCUT2D eigenvalue weighted by atomic mass is 16.7. The number of amides is 8. The van der Waals surface area contributed by atoms with Crippen molar-refractivity contribution in [1.82, 2.24) is 39.2 Å². The number of methoxy groups -OCH3 is 1. The Labute approximate surface area is 684 Å². The van der Waals surface area contributed by atoms with E-state index in [0.717, 1.165) is 31.7 Å². The molecule has 619 valence electrons. The quantitative estimate of drug-likeness (QED) is 0.0415. The van der Waals surface area contributed by atoms with Gasteiger partial charge in [0.05, 0.1) is 156 Å². The fourth-order valence-corrected chi connectivity index (χ4v) is 11.0. The average molecular weight is 1590 g/mol. The summed E-state index contributed by atoms with van der Waals surface area (Å²) in [6.45, 7) is 17.6. The molecule has 44 heteroatoms. The van der Waals surface area contributed by atoms with Gasteiger partial charge < -0.3 is 123 Å². The van der Waals surface area contributed by atoms with Crippen LogP contribution in [0, 0.1) is 0 Å². The molecule has 4 aliphatic heterocycles. The lowest BCUT2D eigenvalue weighted by atomic mass is 8.76. The van der Waals surface area contributed by atoms with Gasteiger partial charge in [-0.2, -0.15) is 0 Å². The van der Waals surface area contributed by atoms with Crippen molar-refractivity contribution in [3.63, 3.8) is 0 Å². The monoisotopic (exact) mass is 1590 g/mol. The molecule has 8 N–H and O–H groups in total. The van der Waals surface area contributed by atoms with Crippen LogP contribution in [0.3, 0.4) is 0 Å². The number of nitrogens with zero attached hydrogens (tertiary/aromatic N) is 8. The molecule has 0 spiro atoms. The van der Waals surface area contributed by atoms with Crippen molar-refractivity contribution < 1.29 is 122 Å². The zero-order valence-electron chi connectivity index (χ0n) is 67.9. The maximum atomic E-state index is 14.6. The van der Waals surface area contributed by atoms with Gasteiger partial charge in [0, 0.05) is 192 Å². The minimum atomic E-state index is -0.888.